The summed E-state index contributed by atoms with van der Waals surface area (Å²) in [6.07, 6.45) is 0. The Kier molecular flexibility index (Phi) is 5.38. The van der Waals surface area contributed by atoms with Crippen LogP contribution in [-0.2, 0) is 10.0 Å². The largest absolute Gasteiger partial charge is 0.495 e. The first kappa shape index (κ1) is 19.2. The van der Waals surface area contributed by atoms with Crippen molar-refractivity contribution in [1.82, 2.24) is 4.31 Å². The Morgan fingerprint density at radius 3 is 2.37 bits per heavy atom. The first-order chi connectivity index (χ1) is 12.8. The van der Waals surface area contributed by atoms with Gasteiger partial charge in [-0.15, -0.1) is 0 Å². The van der Waals surface area contributed by atoms with Crippen LogP contribution in [0.5, 0.6) is 5.75 Å². The van der Waals surface area contributed by atoms with Gasteiger partial charge in [0.25, 0.3) is 0 Å². The van der Waals surface area contributed by atoms with Gasteiger partial charge in [-0.1, -0.05) is 18.2 Å². The lowest BCUT2D eigenvalue weighted by Gasteiger charge is -2.36. The van der Waals surface area contributed by atoms with Gasteiger partial charge in [-0.25, -0.2) is 8.42 Å². The zero-order valence-corrected chi connectivity index (χ0v) is 16.2. The third kappa shape index (κ3) is 3.77. The number of para-hydroxylation sites is 2. The van der Waals surface area contributed by atoms with E-state index in [-0.39, 0.29) is 10.5 Å². The van der Waals surface area contributed by atoms with Crippen LogP contribution in [0, 0.1) is 6.92 Å². The normalized spacial score (nSPS) is 15.6. The fourth-order valence-electron chi connectivity index (χ4n) is 3.24. The van der Waals surface area contributed by atoms with Crippen molar-refractivity contribution < 1.29 is 17.9 Å². The minimum absolute atomic E-state index is 0.0904. The molecule has 0 radical (unpaired) electrons. The number of sulfonamides is 1. The van der Waals surface area contributed by atoms with Gasteiger partial charge in [0.1, 0.15) is 5.75 Å². The molecule has 1 amide bonds. The molecule has 144 valence electrons. The van der Waals surface area contributed by atoms with E-state index in [0.29, 0.717) is 31.7 Å². The average Bonchev–Trinajstić information content (AvgIpc) is 2.68. The van der Waals surface area contributed by atoms with E-state index in [1.165, 1.54) is 16.4 Å². The molecule has 0 unspecified atom stereocenters. The number of ether oxygens (including phenoxy) is 1. The minimum Gasteiger partial charge on any atom is -0.495 e. The molecule has 27 heavy (non-hydrogen) atoms. The molecule has 1 fully saturated rings. The molecule has 8 heteroatoms. The second-order valence-electron chi connectivity index (χ2n) is 6.40. The smallest absolute Gasteiger partial charge is 0.249 e. The minimum atomic E-state index is -3.69. The van der Waals surface area contributed by atoms with Crippen LogP contribution >= 0.6 is 0 Å². The highest BCUT2D eigenvalue weighted by Crippen LogP contribution is 2.29. The molecule has 3 rings (SSSR count). The van der Waals surface area contributed by atoms with Crippen molar-refractivity contribution in [2.75, 3.05) is 38.2 Å². The number of nitrogens with zero attached hydrogens (tertiary/aromatic N) is 2. The lowest BCUT2D eigenvalue weighted by atomic mass is 10.1. The second-order valence-corrected chi connectivity index (χ2v) is 8.34. The van der Waals surface area contributed by atoms with Crippen LogP contribution in [0.1, 0.15) is 15.9 Å². The average molecular weight is 389 g/mol. The molecule has 0 bridgehead atoms. The number of anilines is 1. The predicted molar refractivity (Wildman–Crippen MR) is 104 cm³/mol. The van der Waals surface area contributed by atoms with E-state index in [4.69, 9.17) is 10.5 Å². The van der Waals surface area contributed by atoms with Gasteiger partial charge >= 0.3 is 0 Å². The molecule has 7 nitrogen and oxygen atoms in total. The van der Waals surface area contributed by atoms with Crippen molar-refractivity contribution >= 4 is 21.6 Å². The van der Waals surface area contributed by atoms with Crippen molar-refractivity contribution in [3.8, 4) is 5.75 Å². The molecule has 1 aliphatic heterocycles. The second kappa shape index (κ2) is 7.58. The number of amides is 1. The maximum Gasteiger partial charge on any atom is 0.249 e. The number of benzene rings is 2. The first-order valence-electron chi connectivity index (χ1n) is 8.63. The summed E-state index contributed by atoms with van der Waals surface area (Å²) in [7, 11) is -2.07. The Morgan fingerprint density at radius 2 is 1.74 bits per heavy atom. The predicted octanol–water partition coefficient (Wildman–Crippen LogP) is 1.61. The van der Waals surface area contributed by atoms with Crippen LogP contribution in [0.4, 0.5) is 5.69 Å². The summed E-state index contributed by atoms with van der Waals surface area (Å²) in [5.74, 6) is 0.129. The number of aryl methyl sites for hydroxylation is 1. The summed E-state index contributed by atoms with van der Waals surface area (Å²) in [5, 5.41) is 0. The first-order valence-corrected chi connectivity index (χ1v) is 10.1. The molecule has 1 aliphatic rings. The highest BCUT2D eigenvalue weighted by molar-refractivity contribution is 7.89. The molecule has 2 aromatic carbocycles. The van der Waals surface area contributed by atoms with Gasteiger partial charge in [0.15, 0.2) is 0 Å². The third-order valence-electron chi connectivity index (χ3n) is 4.78. The molecule has 1 saturated heterocycles. The van der Waals surface area contributed by atoms with Crippen LogP contribution in [0.25, 0.3) is 0 Å². The summed E-state index contributed by atoms with van der Waals surface area (Å²) in [6, 6.07) is 12.2. The Labute approximate surface area is 159 Å². The molecular weight excluding hydrogens is 366 g/mol. The van der Waals surface area contributed by atoms with E-state index >= 15 is 0 Å². The van der Waals surface area contributed by atoms with Crippen molar-refractivity contribution in [1.29, 1.82) is 0 Å². The van der Waals surface area contributed by atoms with Crippen LogP contribution in [0.2, 0.25) is 0 Å². The van der Waals surface area contributed by atoms with Gasteiger partial charge < -0.3 is 15.4 Å². The molecule has 0 saturated carbocycles. The van der Waals surface area contributed by atoms with Gasteiger partial charge in [0.2, 0.25) is 15.9 Å². The fourth-order valence-corrected chi connectivity index (χ4v) is 4.69. The van der Waals surface area contributed by atoms with Crippen LogP contribution in [0.3, 0.4) is 0 Å². The van der Waals surface area contributed by atoms with Crippen molar-refractivity contribution in [3.05, 3.63) is 53.6 Å². The number of nitrogens with two attached hydrogens (primary N) is 1. The van der Waals surface area contributed by atoms with Crippen LogP contribution in [0.15, 0.2) is 47.4 Å². The maximum absolute atomic E-state index is 13.0. The Balaban J connectivity index is 1.79. The lowest BCUT2D eigenvalue weighted by Crippen LogP contribution is -2.48. The van der Waals surface area contributed by atoms with Gasteiger partial charge in [-0.05, 0) is 36.8 Å². The molecule has 2 aromatic rings. The van der Waals surface area contributed by atoms with Gasteiger partial charge in [-0.3, -0.25) is 4.79 Å². The molecule has 0 atom stereocenters. The topological polar surface area (TPSA) is 92.9 Å². The highest BCUT2D eigenvalue weighted by atomic mass is 32.2. The molecule has 1 heterocycles. The van der Waals surface area contributed by atoms with Crippen LogP contribution in [-0.4, -0.2) is 51.9 Å². The van der Waals surface area contributed by atoms with Gasteiger partial charge in [0.05, 0.1) is 17.7 Å². The summed E-state index contributed by atoms with van der Waals surface area (Å²) in [4.78, 5) is 13.7. The summed E-state index contributed by atoms with van der Waals surface area (Å²) in [6.45, 7) is 3.52. The number of hydrogen-bond donors (Lipinski definition) is 1. The molecule has 2 N–H and O–H groups in total. The molecular formula is C19H23N3O4S. The van der Waals surface area contributed by atoms with E-state index in [1.54, 1.807) is 20.1 Å². The summed E-state index contributed by atoms with van der Waals surface area (Å²) in [5.41, 5.74) is 7.18. The Bertz CT molecular complexity index is 951. The zero-order valence-electron chi connectivity index (χ0n) is 15.4. The number of primary amides is 1. The van der Waals surface area contributed by atoms with E-state index in [2.05, 4.69) is 4.90 Å². The monoisotopic (exact) mass is 389 g/mol. The number of rotatable bonds is 5. The van der Waals surface area contributed by atoms with E-state index in [9.17, 15) is 13.2 Å². The number of carbonyl (C=O) groups excluding carboxylic acids is 1. The fraction of sp³-hybridized carbons (Fsp3) is 0.316. The highest BCUT2D eigenvalue weighted by Gasteiger charge is 2.30. The van der Waals surface area contributed by atoms with Crippen molar-refractivity contribution in [2.45, 2.75) is 11.8 Å². The maximum atomic E-state index is 13.0. The SMILES string of the molecule is COc1ccccc1N1CCN(S(=O)(=O)c2ccc(C)c(C(N)=O)c2)CC1. The third-order valence-corrected chi connectivity index (χ3v) is 6.67. The Hall–Kier alpha value is -2.58. The Morgan fingerprint density at radius 1 is 1.07 bits per heavy atom. The van der Waals surface area contributed by atoms with Gasteiger partial charge in [-0.2, -0.15) is 4.31 Å². The van der Waals surface area contributed by atoms with E-state index < -0.39 is 15.9 Å². The molecule has 0 aromatic heterocycles. The van der Waals surface area contributed by atoms with Crippen LogP contribution < -0.4 is 15.4 Å². The number of carbonyl (C=O) groups is 1. The summed E-state index contributed by atoms with van der Waals surface area (Å²) < 4.78 is 32.8. The number of piperazine rings is 1. The molecule has 0 aliphatic carbocycles. The number of hydrogen-bond acceptors (Lipinski definition) is 5. The van der Waals surface area contributed by atoms with Crippen molar-refractivity contribution in [3.63, 3.8) is 0 Å². The van der Waals surface area contributed by atoms with Crippen molar-refractivity contribution in [2.24, 2.45) is 5.73 Å². The standard InChI is InChI=1S/C19H23N3O4S/c1-14-7-8-15(13-16(14)19(20)23)27(24,25)22-11-9-21(10-12-22)17-5-3-4-6-18(17)26-2/h3-8,13H,9-12H2,1-2H3,(H2,20,23). The van der Waals surface area contributed by atoms with Gasteiger partial charge in [0, 0.05) is 31.7 Å². The quantitative estimate of drug-likeness (QED) is 0.839. The van der Waals surface area contributed by atoms with E-state index in [0.717, 1.165) is 11.4 Å². The lowest BCUT2D eigenvalue weighted by molar-refractivity contribution is 0.0999. The molecule has 0 spiro atoms. The van der Waals surface area contributed by atoms with E-state index in [1.807, 2.05) is 24.3 Å². The zero-order chi connectivity index (χ0) is 19.6. The summed E-state index contributed by atoms with van der Waals surface area (Å²) >= 11 is 0. The number of methoxy groups -OCH3 is 1.